The lowest BCUT2D eigenvalue weighted by Gasteiger charge is -2.33. The van der Waals surface area contributed by atoms with Gasteiger partial charge < -0.3 is 9.64 Å². The van der Waals surface area contributed by atoms with Crippen LogP contribution in [0.25, 0.3) is 0 Å². The molecule has 2 aliphatic rings. The number of benzene rings is 2. The van der Waals surface area contributed by atoms with Gasteiger partial charge in [0.25, 0.3) is 5.91 Å². The van der Waals surface area contributed by atoms with E-state index in [0.29, 0.717) is 25.6 Å². The fourth-order valence-electron chi connectivity index (χ4n) is 4.22. The average molecular weight is 349 g/mol. The standard InChI is InChI=1S/C23H27NO2/c25-23(21-13-11-19(12-14-21)18-7-3-1-4-8-18)24-15-16-26-22(17-24)20-9-5-2-6-10-20/h2,5-6,9-14,18,22H,1,3-4,7-8,15-17H2. The summed E-state index contributed by atoms with van der Waals surface area (Å²) in [5, 5.41) is 0. The molecule has 2 aromatic carbocycles. The van der Waals surface area contributed by atoms with E-state index in [4.69, 9.17) is 4.74 Å². The first-order valence-corrected chi connectivity index (χ1v) is 9.87. The van der Waals surface area contributed by atoms with Crippen molar-refractivity contribution in [3.05, 3.63) is 71.3 Å². The molecule has 26 heavy (non-hydrogen) atoms. The molecule has 1 saturated carbocycles. The van der Waals surface area contributed by atoms with Gasteiger partial charge >= 0.3 is 0 Å². The van der Waals surface area contributed by atoms with Gasteiger partial charge in [0.05, 0.1) is 13.2 Å². The molecule has 1 amide bonds. The van der Waals surface area contributed by atoms with Gasteiger partial charge in [-0.05, 0) is 42.0 Å². The molecule has 0 bridgehead atoms. The second-order valence-corrected chi connectivity index (χ2v) is 7.48. The normalized spacial score (nSPS) is 21.5. The third-order valence-electron chi connectivity index (χ3n) is 5.76. The summed E-state index contributed by atoms with van der Waals surface area (Å²) in [5.74, 6) is 0.795. The minimum atomic E-state index is -0.0320. The molecule has 2 aromatic rings. The van der Waals surface area contributed by atoms with Crippen LogP contribution in [0.2, 0.25) is 0 Å². The molecule has 2 fully saturated rings. The molecule has 0 radical (unpaired) electrons. The summed E-state index contributed by atoms with van der Waals surface area (Å²) in [6, 6.07) is 18.5. The lowest BCUT2D eigenvalue weighted by atomic mass is 9.84. The van der Waals surface area contributed by atoms with E-state index >= 15 is 0 Å². The quantitative estimate of drug-likeness (QED) is 0.785. The second kappa shape index (κ2) is 8.05. The van der Waals surface area contributed by atoms with Crippen LogP contribution in [-0.2, 0) is 4.74 Å². The third-order valence-corrected chi connectivity index (χ3v) is 5.76. The van der Waals surface area contributed by atoms with Gasteiger partial charge in [0.2, 0.25) is 0 Å². The summed E-state index contributed by atoms with van der Waals surface area (Å²) >= 11 is 0. The summed E-state index contributed by atoms with van der Waals surface area (Å²) < 4.78 is 5.88. The van der Waals surface area contributed by atoms with Gasteiger partial charge in [-0.2, -0.15) is 0 Å². The maximum absolute atomic E-state index is 12.9. The van der Waals surface area contributed by atoms with Crippen molar-refractivity contribution in [2.75, 3.05) is 19.7 Å². The second-order valence-electron chi connectivity index (χ2n) is 7.48. The Morgan fingerprint density at radius 3 is 2.35 bits per heavy atom. The number of ether oxygens (including phenoxy) is 1. The van der Waals surface area contributed by atoms with Crippen LogP contribution in [0.1, 0.15) is 65.6 Å². The third kappa shape index (κ3) is 3.83. The Bertz CT molecular complexity index is 720. The highest BCUT2D eigenvalue weighted by Crippen LogP contribution is 2.32. The molecule has 1 heterocycles. The maximum atomic E-state index is 12.9. The Labute approximate surface area is 156 Å². The van der Waals surface area contributed by atoms with Crippen LogP contribution in [-0.4, -0.2) is 30.5 Å². The van der Waals surface area contributed by atoms with Crippen molar-refractivity contribution >= 4 is 5.91 Å². The molecule has 0 aromatic heterocycles. The Hall–Kier alpha value is -2.13. The van der Waals surface area contributed by atoms with E-state index in [0.717, 1.165) is 11.1 Å². The Morgan fingerprint density at radius 2 is 1.62 bits per heavy atom. The molecule has 4 rings (SSSR count). The molecule has 1 saturated heterocycles. The fraction of sp³-hybridized carbons (Fsp3) is 0.435. The van der Waals surface area contributed by atoms with Gasteiger partial charge in [-0.25, -0.2) is 0 Å². The molecule has 0 spiro atoms. The summed E-state index contributed by atoms with van der Waals surface area (Å²) in [4.78, 5) is 14.9. The zero-order valence-corrected chi connectivity index (χ0v) is 15.3. The largest absolute Gasteiger partial charge is 0.370 e. The molecule has 3 heteroatoms. The minimum Gasteiger partial charge on any atom is -0.370 e. The first-order chi connectivity index (χ1) is 12.8. The number of hydrogen-bond donors (Lipinski definition) is 0. The number of hydrogen-bond acceptors (Lipinski definition) is 2. The van der Waals surface area contributed by atoms with Crippen LogP contribution in [0.3, 0.4) is 0 Å². The molecule has 136 valence electrons. The summed E-state index contributed by atoms with van der Waals surface area (Å²) in [5.41, 5.74) is 3.32. The van der Waals surface area contributed by atoms with E-state index in [-0.39, 0.29) is 12.0 Å². The average Bonchev–Trinajstić information content (AvgIpc) is 2.75. The van der Waals surface area contributed by atoms with Gasteiger partial charge in [0.15, 0.2) is 0 Å². The van der Waals surface area contributed by atoms with E-state index in [1.165, 1.54) is 37.7 Å². The van der Waals surface area contributed by atoms with Gasteiger partial charge in [-0.3, -0.25) is 4.79 Å². The summed E-state index contributed by atoms with van der Waals surface area (Å²) in [7, 11) is 0. The molecule has 3 nitrogen and oxygen atoms in total. The predicted octanol–water partition coefficient (Wildman–Crippen LogP) is 4.95. The Balaban J connectivity index is 1.43. The minimum absolute atomic E-state index is 0.0320. The van der Waals surface area contributed by atoms with Crippen LogP contribution >= 0.6 is 0 Å². The summed E-state index contributed by atoms with van der Waals surface area (Å²) in [6.45, 7) is 1.87. The van der Waals surface area contributed by atoms with Crippen LogP contribution in [0.5, 0.6) is 0 Å². The number of rotatable bonds is 3. The van der Waals surface area contributed by atoms with Gasteiger partial charge in [-0.1, -0.05) is 61.7 Å². The molecular formula is C23H27NO2. The van der Waals surface area contributed by atoms with E-state index in [2.05, 4.69) is 24.3 Å². The van der Waals surface area contributed by atoms with E-state index in [9.17, 15) is 4.79 Å². The van der Waals surface area contributed by atoms with Crippen molar-refractivity contribution in [3.63, 3.8) is 0 Å². The lowest BCUT2D eigenvalue weighted by molar-refractivity contribution is -0.0228. The number of amides is 1. The van der Waals surface area contributed by atoms with Crippen molar-refractivity contribution in [1.82, 2.24) is 4.90 Å². The zero-order chi connectivity index (χ0) is 17.8. The number of nitrogens with zero attached hydrogens (tertiary/aromatic N) is 1. The smallest absolute Gasteiger partial charge is 0.254 e. The summed E-state index contributed by atoms with van der Waals surface area (Å²) in [6.07, 6.45) is 6.58. The van der Waals surface area contributed by atoms with Gasteiger partial charge in [0.1, 0.15) is 6.10 Å². The molecular weight excluding hydrogens is 322 g/mol. The fourth-order valence-corrected chi connectivity index (χ4v) is 4.22. The van der Waals surface area contributed by atoms with Crippen LogP contribution < -0.4 is 0 Å². The first kappa shape index (κ1) is 17.3. The number of carbonyl (C=O) groups is 1. The van der Waals surface area contributed by atoms with Crippen LogP contribution in [0.4, 0.5) is 0 Å². The molecule has 0 N–H and O–H groups in total. The highest BCUT2D eigenvalue weighted by atomic mass is 16.5. The molecule has 1 aliphatic carbocycles. The molecule has 1 atom stereocenters. The van der Waals surface area contributed by atoms with Crippen LogP contribution in [0, 0.1) is 0 Å². The lowest BCUT2D eigenvalue weighted by Crippen LogP contribution is -2.42. The zero-order valence-electron chi connectivity index (χ0n) is 15.3. The maximum Gasteiger partial charge on any atom is 0.254 e. The predicted molar refractivity (Wildman–Crippen MR) is 103 cm³/mol. The van der Waals surface area contributed by atoms with E-state index in [1.54, 1.807) is 0 Å². The number of morpholine rings is 1. The first-order valence-electron chi connectivity index (χ1n) is 9.87. The van der Waals surface area contributed by atoms with Gasteiger partial charge in [-0.15, -0.1) is 0 Å². The van der Waals surface area contributed by atoms with Crippen molar-refractivity contribution in [3.8, 4) is 0 Å². The van der Waals surface area contributed by atoms with Crippen molar-refractivity contribution in [2.24, 2.45) is 0 Å². The highest BCUT2D eigenvalue weighted by molar-refractivity contribution is 5.94. The molecule has 1 aliphatic heterocycles. The van der Waals surface area contributed by atoms with Crippen molar-refractivity contribution in [2.45, 2.75) is 44.1 Å². The van der Waals surface area contributed by atoms with Crippen LogP contribution in [0.15, 0.2) is 54.6 Å². The number of carbonyl (C=O) groups excluding carboxylic acids is 1. The van der Waals surface area contributed by atoms with E-state index in [1.807, 2.05) is 35.2 Å². The Kier molecular flexibility index (Phi) is 5.35. The van der Waals surface area contributed by atoms with Crippen molar-refractivity contribution in [1.29, 1.82) is 0 Å². The monoisotopic (exact) mass is 349 g/mol. The Morgan fingerprint density at radius 1 is 0.885 bits per heavy atom. The highest BCUT2D eigenvalue weighted by Gasteiger charge is 2.26. The van der Waals surface area contributed by atoms with Crippen molar-refractivity contribution < 1.29 is 9.53 Å². The topological polar surface area (TPSA) is 29.5 Å². The van der Waals surface area contributed by atoms with E-state index < -0.39 is 0 Å². The van der Waals surface area contributed by atoms with Gasteiger partial charge in [0, 0.05) is 12.1 Å². The SMILES string of the molecule is O=C(c1ccc(C2CCCCC2)cc1)N1CCOC(c2ccccc2)C1. The molecule has 1 unspecified atom stereocenters.